The van der Waals surface area contributed by atoms with Crippen LogP contribution in [0.15, 0.2) is 30.3 Å². The van der Waals surface area contributed by atoms with Gasteiger partial charge in [0.15, 0.2) is 11.5 Å². The number of carbonyl (C=O) groups is 1. The van der Waals surface area contributed by atoms with Gasteiger partial charge in [0.05, 0.1) is 5.56 Å². The fourth-order valence-electron chi connectivity index (χ4n) is 3.15. The Labute approximate surface area is 223 Å². The van der Waals surface area contributed by atoms with Crippen LogP contribution < -0.4 is 23.1 Å². The molecule has 9 heteroatoms. The molecule has 0 unspecified atom stereocenters. The summed E-state index contributed by atoms with van der Waals surface area (Å²) < 4.78 is 31.5. The number of aromatic hydroxyl groups is 1. The molecule has 0 fully saturated rings. The van der Waals surface area contributed by atoms with Crippen LogP contribution in [0.2, 0.25) is 36.3 Å². The second-order valence-electron chi connectivity index (χ2n) is 13.1. The molecule has 0 atom stereocenters. The molecule has 1 aliphatic rings. The molecule has 3 rings (SSSR count). The van der Waals surface area contributed by atoms with Crippen LogP contribution in [0.1, 0.15) is 65.7 Å². The summed E-state index contributed by atoms with van der Waals surface area (Å²) in [7, 11) is -4.94. The molecular weight excluding hydrogens is 504 g/mol. The van der Waals surface area contributed by atoms with E-state index < -0.39 is 28.4 Å². The molecule has 1 heterocycles. The van der Waals surface area contributed by atoms with Crippen LogP contribution in [0.3, 0.4) is 0 Å². The summed E-state index contributed by atoms with van der Waals surface area (Å²) in [5.74, 6) is -1.39. The number of esters is 1. The van der Waals surface area contributed by atoms with E-state index in [9.17, 15) is 9.90 Å². The van der Waals surface area contributed by atoms with Crippen molar-refractivity contribution in [3.63, 3.8) is 0 Å². The van der Waals surface area contributed by atoms with Crippen LogP contribution in [0.25, 0.3) is 0 Å². The largest absolute Gasteiger partial charge is 0.538 e. The molecule has 0 bridgehead atoms. The van der Waals surface area contributed by atoms with Crippen LogP contribution in [-0.4, -0.2) is 33.5 Å². The number of hydrogen-bond donors (Lipinski definition) is 1. The molecule has 0 aromatic heterocycles. The minimum absolute atomic E-state index is 0.102. The zero-order valence-electron chi connectivity index (χ0n) is 24.3. The van der Waals surface area contributed by atoms with Crippen LogP contribution in [0.4, 0.5) is 0 Å². The summed E-state index contributed by atoms with van der Waals surface area (Å²) >= 11 is 0. The summed E-state index contributed by atoms with van der Waals surface area (Å²) in [5.41, 5.74) is 0.338. The smallest absolute Gasteiger partial charge is 0.343 e. The number of fused-ring (bicyclic) bond motifs is 1. The number of rotatable bonds is 6. The van der Waals surface area contributed by atoms with Crippen LogP contribution in [0.5, 0.6) is 34.5 Å². The van der Waals surface area contributed by atoms with Crippen molar-refractivity contribution in [3.8, 4) is 34.5 Å². The molecule has 37 heavy (non-hydrogen) atoms. The Morgan fingerprint density at radius 1 is 0.784 bits per heavy atom. The van der Waals surface area contributed by atoms with Crippen molar-refractivity contribution in [1.29, 1.82) is 0 Å². The molecule has 204 valence electrons. The van der Waals surface area contributed by atoms with Gasteiger partial charge in [-0.05, 0) is 48.4 Å². The third kappa shape index (κ3) is 5.77. The maximum atomic E-state index is 13.2. The first kappa shape index (κ1) is 28.9. The Hall–Kier alpha value is -2.66. The molecular formula is C28H42O7Si2. The summed E-state index contributed by atoms with van der Waals surface area (Å²) in [6.45, 7) is 24.4. The first-order chi connectivity index (χ1) is 16.7. The predicted molar refractivity (Wildman–Crippen MR) is 150 cm³/mol. The summed E-state index contributed by atoms with van der Waals surface area (Å²) in [6, 6.07) is 8.61. The van der Waals surface area contributed by atoms with Crippen molar-refractivity contribution in [2.45, 2.75) is 97.4 Å². The number of carbonyl (C=O) groups excluding carboxylic acids is 1. The van der Waals surface area contributed by atoms with Gasteiger partial charge in [-0.25, -0.2) is 4.79 Å². The maximum Gasteiger partial charge on any atom is 0.343 e. The van der Waals surface area contributed by atoms with E-state index in [0.29, 0.717) is 5.56 Å². The predicted octanol–water partition coefficient (Wildman–Crippen LogP) is 7.89. The van der Waals surface area contributed by atoms with Crippen LogP contribution >= 0.6 is 0 Å². The summed E-state index contributed by atoms with van der Waals surface area (Å²) in [5, 5.41) is 11.3. The minimum atomic E-state index is -2.48. The monoisotopic (exact) mass is 546 g/mol. The Morgan fingerprint density at radius 3 is 1.68 bits per heavy atom. The highest BCUT2D eigenvalue weighted by molar-refractivity contribution is 6.75. The molecule has 2 aromatic rings. The molecule has 2 aromatic carbocycles. The molecule has 0 amide bonds. The number of benzene rings is 2. The third-order valence-corrected chi connectivity index (χ3v) is 16.1. The van der Waals surface area contributed by atoms with Crippen molar-refractivity contribution in [2.24, 2.45) is 0 Å². The standard InChI is InChI=1S/C28H42O7Si2/c1-26(2,3)36(9,10)34-21-19(29)20(31-25(30)18-16-14-13-15-17-18)24(35-37(11,12)27(4,5)6)23-22(21)32-28(7,8)33-23/h13-17,29H,1-12H3. The van der Waals surface area contributed by atoms with E-state index >= 15 is 0 Å². The SMILES string of the molecule is CC1(C)Oc2c(O[Si](C)(C)C(C)(C)C)c(O)c(OC(=O)c3ccccc3)c(O[Si](C)(C)C(C)(C)C)c2O1. The van der Waals surface area contributed by atoms with Gasteiger partial charge in [0.25, 0.3) is 16.6 Å². The first-order valence-electron chi connectivity index (χ1n) is 12.6. The lowest BCUT2D eigenvalue weighted by molar-refractivity contribution is -0.0443. The van der Waals surface area contributed by atoms with Gasteiger partial charge in [-0.3, -0.25) is 0 Å². The molecule has 0 spiro atoms. The lowest BCUT2D eigenvalue weighted by atomic mass is 10.2. The van der Waals surface area contributed by atoms with E-state index in [-0.39, 0.29) is 44.6 Å². The van der Waals surface area contributed by atoms with Gasteiger partial charge in [-0.15, -0.1) is 0 Å². The molecule has 1 N–H and O–H groups in total. The normalized spacial score (nSPS) is 15.4. The summed E-state index contributed by atoms with van der Waals surface area (Å²) in [6.07, 6.45) is 0. The molecule has 7 nitrogen and oxygen atoms in total. The fraction of sp³-hybridized carbons (Fsp3) is 0.536. The number of ether oxygens (including phenoxy) is 3. The van der Waals surface area contributed by atoms with Crippen molar-refractivity contribution < 1.29 is 33.0 Å². The van der Waals surface area contributed by atoms with Crippen molar-refractivity contribution in [1.82, 2.24) is 0 Å². The molecule has 0 aliphatic carbocycles. The van der Waals surface area contributed by atoms with Crippen LogP contribution in [-0.2, 0) is 0 Å². The summed E-state index contributed by atoms with van der Waals surface area (Å²) in [4.78, 5) is 13.2. The van der Waals surface area contributed by atoms with E-state index in [1.165, 1.54) is 0 Å². The van der Waals surface area contributed by atoms with E-state index in [1.54, 1.807) is 38.1 Å². The van der Waals surface area contributed by atoms with E-state index in [2.05, 4.69) is 67.7 Å². The van der Waals surface area contributed by atoms with Gasteiger partial charge in [0, 0.05) is 13.8 Å². The fourth-order valence-corrected chi connectivity index (χ4v) is 5.16. The minimum Gasteiger partial charge on any atom is -0.538 e. The number of phenolic OH excluding ortho intramolecular Hbond substituents is 1. The second kappa shape index (κ2) is 9.27. The molecule has 1 aliphatic heterocycles. The lowest BCUT2D eigenvalue weighted by Gasteiger charge is -2.38. The Morgan fingerprint density at radius 2 is 1.22 bits per heavy atom. The maximum absolute atomic E-state index is 13.2. The average molecular weight is 547 g/mol. The van der Waals surface area contributed by atoms with Gasteiger partial charge in [-0.2, -0.15) is 0 Å². The highest BCUT2D eigenvalue weighted by Crippen LogP contribution is 2.63. The van der Waals surface area contributed by atoms with Crippen molar-refractivity contribution in [3.05, 3.63) is 35.9 Å². The van der Waals surface area contributed by atoms with Gasteiger partial charge < -0.3 is 28.2 Å². The Kier molecular flexibility index (Phi) is 7.24. The van der Waals surface area contributed by atoms with Crippen molar-refractivity contribution >= 4 is 22.6 Å². The van der Waals surface area contributed by atoms with Gasteiger partial charge in [0.2, 0.25) is 28.8 Å². The van der Waals surface area contributed by atoms with E-state index in [4.69, 9.17) is 23.1 Å². The zero-order valence-corrected chi connectivity index (χ0v) is 26.3. The highest BCUT2D eigenvalue weighted by atomic mass is 28.4. The Bertz CT molecular complexity index is 1170. The quantitative estimate of drug-likeness (QED) is 0.224. The molecule has 0 saturated carbocycles. The third-order valence-electron chi connectivity index (χ3n) is 7.48. The van der Waals surface area contributed by atoms with Crippen molar-refractivity contribution in [2.75, 3.05) is 0 Å². The highest BCUT2D eigenvalue weighted by Gasteiger charge is 2.48. The lowest BCUT2D eigenvalue weighted by Crippen LogP contribution is -2.44. The zero-order chi connectivity index (χ0) is 28.2. The Balaban J connectivity index is 2.29. The van der Waals surface area contributed by atoms with E-state index in [0.717, 1.165) is 0 Å². The topological polar surface area (TPSA) is 83.5 Å². The molecule has 0 saturated heterocycles. The van der Waals surface area contributed by atoms with Gasteiger partial charge in [-0.1, -0.05) is 59.7 Å². The number of hydrogen-bond acceptors (Lipinski definition) is 7. The number of phenols is 1. The van der Waals surface area contributed by atoms with Crippen LogP contribution in [0, 0.1) is 0 Å². The van der Waals surface area contributed by atoms with E-state index in [1.807, 2.05) is 6.07 Å². The average Bonchev–Trinajstić information content (AvgIpc) is 3.07. The second-order valence-corrected chi connectivity index (χ2v) is 22.5. The van der Waals surface area contributed by atoms with Gasteiger partial charge >= 0.3 is 5.97 Å². The first-order valence-corrected chi connectivity index (χ1v) is 18.4. The van der Waals surface area contributed by atoms with Gasteiger partial charge in [0.1, 0.15) is 0 Å². The molecule has 0 radical (unpaired) electrons.